The molecule has 0 radical (unpaired) electrons. The number of hydrogen-bond donors (Lipinski definition) is 1. The molecule has 2 heterocycles. The van der Waals surface area contributed by atoms with E-state index in [1.54, 1.807) is 54.9 Å². The second-order valence-electron chi connectivity index (χ2n) is 7.26. The zero-order chi connectivity index (χ0) is 22.7. The van der Waals surface area contributed by atoms with Crippen LogP contribution in [0.1, 0.15) is 29.7 Å². The molecule has 1 aliphatic rings. The van der Waals surface area contributed by atoms with E-state index in [9.17, 15) is 19.1 Å². The number of pyridine rings is 1. The Morgan fingerprint density at radius 1 is 1.06 bits per heavy atom. The molecule has 1 unspecified atom stereocenters. The predicted molar refractivity (Wildman–Crippen MR) is 116 cm³/mol. The molecule has 6 nitrogen and oxygen atoms in total. The second-order valence-corrected chi connectivity index (χ2v) is 7.26. The van der Waals surface area contributed by atoms with Gasteiger partial charge in [-0.15, -0.1) is 0 Å². The van der Waals surface area contributed by atoms with Gasteiger partial charge in [-0.25, -0.2) is 4.39 Å². The average Bonchev–Trinajstić information content (AvgIpc) is 3.05. The van der Waals surface area contributed by atoms with Gasteiger partial charge < -0.3 is 14.7 Å². The van der Waals surface area contributed by atoms with Crippen molar-refractivity contribution in [2.45, 2.75) is 19.5 Å². The van der Waals surface area contributed by atoms with Gasteiger partial charge in [0.25, 0.3) is 11.7 Å². The highest BCUT2D eigenvalue weighted by Gasteiger charge is 2.46. The summed E-state index contributed by atoms with van der Waals surface area (Å²) in [5.41, 5.74) is 1.03. The standard InChI is InChI=1S/C25H21FN2O4/c1-2-32-18-9-7-17(8-10-18)23(29)21-22(19-5-3-4-6-20(19)26)28(25(31)24(21)30)15-16-11-13-27-14-12-16/h3-14,22,29H,2,15H2,1H3/b23-21-. The lowest BCUT2D eigenvalue weighted by Gasteiger charge is -2.25. The third-order valence-electron chi connectivity index (χ3n) is 5.28. The van der Waals surface area contributed by atoms with E-state index >= 15 is 0 Å². The summed E-state index contributed by atoms with van der Waals surface area (Å²) in [5.74, 6) is -2.00. The van der Waals surface area contributed by atoms with Crippen LogP contribution >= 0.6 is 0 Å². The highest BCUT2D eigenvalue weighted by atomic mass is 19.1. The van der Waals surface area contributed by atoms with Crippen LogP contribution < -0.4 is 4.74 Å². The summed E-state index contributed by atoms with van der Waals surface area (Å²) >= 11 is 0. The minimum Gasteiger partial charge on any atom is -0.507 e. The number of aliphatic hydroxyl groups is 1. The summed E-state index contributed by atoms with van der Waals surface area (Å²) in [6, 6.07) is 14.8. The Morgan fingerprint density at radius 2 is 1.75 bits per heavy atom. The molecule has 1 aromatic heterocycles. The summed E-state index contributed by atoms with van der Waals surface area (Å²) < 4.78 is 20.2. The van der Waals surface area contributed by atoms with E-state index in [1.165, 1.54) is 23.1 Å². The largest absolute Gasteiger partial charge is 0.507 e. The molecule has 1 atom stereocenters. The smallest absolute Gasteiger partial charge is 0.295 e. The van der Waals surface area contributed by atoms with Gasteiger partial charge in [0.05, 0.1) is 18.2 Å². The van der Waals surface area contributed by atoms with Crippen LogP contribution in [-0.4, -0.2) is 33.3 Å². The normalized spacial score (nSPS) is 17.6. The van der Waals surface area contributed by atoms with Crippen molar-refractivity contribution in [3.8, 4) is 5.75 Å². The van der Waals surface area contributed by atoms with E-state index in [-0.39, 0.29) is 23.4 Å². The molecule has 4 rings (SSSR count). The number of hydrogen-bond acceptors (Lipinski definition) is 5. The van der Waals surface area contributed by atoms with Crippen LogP contribution in [0.5, 0.6) is 5.75 Å². The molecule has 0 bridgehead atoms. The molecule has 0 aliphatic carbocycles. The van der Waals surface area contributed by atoms with Crippen molar-refractivity contribution in [3.05, 3.63) is 101 Å². The summed E-state index contributed by atoms with van der Waals surface area (Å²) in [6.07, 6.45) is 3.15. The number of ether oxygens (including phenoxy) is 1. The Kier molecular flexibility index (Phi) is 5.98. The summed E-state index contributed by atoms with van der Waals surface area (Å²) in [7, 11) is 0. The van der Waals surface area contributed by atoms with E-state index in [0.717, 1.165) is 5.56 Å². The van der Waals surface area contributed by atoms with Crippen molar-refractivity contribution >= 4 is 17.4 Å². The molecule has 1 fully saturated rings. The number of carbonyl (C=O) groups is 2. The molecule has 1 amide bonds. The van der Waals surface area contributed by atoms with E-state index in [1.807, 2.05) is 6.92 Å². The van der Waals surface area contributed by atoms with Gasteiger partial charge in [0.15, 0.2) is 0 Å². The Bertz CT molecular complexity index is 1180. The molecule has 0 saturated carbocycles. The maximum Gasteiger partial charge on any atom is 0.295 e. The Morgan fingerprint density at radius 3 is 2.41 bits per heavy atom. The van der Waals surface area contributed by atoms with Crippen LogP contribution in [0.15, 0.2) is 78.6 Å². The van der Waals surface area contributed by atoms with Gasteiger partial charge in [-0.05, 0) is 55.0 Å². The van der Waals surface area contributed by atoms with E-state index in [0.29, 0.717) is 17.9 Å². The van der Waals surface area contributed by atoms with Crippen molar-refractivity contribution < 1.29 is 23.8 Å². The predicted octanol–water partition coefficient (Wildman–Crippen LogP) is 4.24. The third kappa shape index (κ3) is 3.97. The van der Waals surface area contributed by atoms with Gasteiger partial charge in [-0.3, -0.25) is 14.6 Å². The first-order chi connectivity index (χ1) is 15.5. The minimum atomic E-state index is -1.07. The fourth-order valence-corrected chi connectivity index (χ4v) is 3.78. The maximum atomic E-state index is 14.8. The fourth-order valence-electron chi connectivity index (χ4n) is 3.78. The second kappa shape index (κ2) is 9.01. The number of nitrogens with zero attached hydrogens (tertiary/aromatic N) is 2. The number of aromatic nitrogens is 1. The van der Waals surface area contributed by atoms with Crippen molar-refractivity contribution in [2.24, 2.45) is 0 Å². The monoisotopic (exact) mass is 432 g/mol. The van der Waals surface area contributed by atoms with E-state index in [2.05, 4.69) is 4.98 Å². The van der Waals surface area contributed by atoms with Gasteiger partial charge in [0, 0.05) is 30.1 Å². The van der Waals surface area contributed by atoms with Gasteiger partial charge >= 0.3 is 0 Å². The van der Waals surface area contributed by atoms with Gasteiger partial charge in [0.1, 0.15) is 17.3 Å². The highest BCUT2D eigenvalue weighted by Crippen LogP contribution is 2.41. The molecule has 7 heteroatoms. The number of aliphatic hydroxyl groups excluding tert-OH is 1. The molecule has 1 aliphatic heterocycles. The first-order valence-corrected chi connectivity index (χ1v) is 10.2. The van der Waals surface area contributed by atoms with Crippen LogP contribution in [0.3, 0.4) is 0 Å². The highest BCUT2D eigenvalue weighted by molar-refractivity contribution is 6.46. The van der Waals surface area contributed by atoms with Gasteiger partial charge in [-0.2, -0.15) is 0 Å². The van der Waals surface area contributed by atoms with Gasteiger partial charge in [-0.1, -0.05) is 18.2 Å². The average molecular weight is 432 g/mol. The van der Waals surface area contributed by atoms with Crippen LogP contribution in [0, 0.1) is 5.82 Å². The van der Waals surface area contributed by atoms with Crippen molar-refractivity contribution in [1.29, 1.82) is 0 Å². The number of halogens is 1. The first kappa shape index (κ1) is 21.2. The Labute approximate surface area is 184 Å². The molecule has 0 spiro atoms. The molecule has 1 N–H and O–H groups in total. The Hall–Kier alpha value is -4.00. The molecule has 2 aromatic carbocycles. The molecule has 32 heavy (non-hydrogen) atoms. The zero-order valence-corrected chi connectivity index (χ0v) is 17.4. The summed E-state index contributed by atoms with van der Waals surface area (Å²) in [6.45, 7) is 2.40. The fraction of sp³-hybridized carbons (Fsp3) is 0.160. The SMILES string of the molecule is CCOc1ccc(/C(O)=C2/C(=O)C(=O)N(Cc3ccncc3)C2c2ccccc2F)cc1. The number of amides is 1. The van der Waals surface area contributed by atoms with Crippen molar-refractivity contribution in [2.75, 3.05) is 6.61 Å². The number of carbonyl (C=O) groups excluding carboxylic acids is 2. The quantitative estimate of drug-likeness (QED) is 0.358. The first-order valence-electron chi connectivity index (χ1n) is 10.2. The summed E-state index contributed by atoms with van der Waals surface area (Å²) in [5, 5.41) is 11.0. The van der Waals surface area contributed by atoms with Crippen molar-refractivity contribution in [3.63, 3.8) is 0 Å². The molecule has 162 valence electrons. The van der Waals surface area contributed by atoms with Crippen molar-refractivity contribution in [1.82, 2.24) is 9.88 Å². The lowest BCUT2D eigenvalue weighted by molar-refractivity contribution is -0.140. The number of likely N-dealkylation sites (tertiary alicyclic amines) is 1. The maximum absolute atomic E-state index is 14.8. The molecular weight excluding hydrogens is 411 g/mol. The van der Waals surface area contributed by atoms with Crippen LogP contribution in [0.2, 0.25) is 0 Å². The topological polar surface area (TPSA) is 79.7 Å². The molecule has 1 saturated heterocycles. The third-order valence-corrected chi connectivity index (χ3v) is 5.28. The van der Waals surface area contributed by atoms with E-state index < -0.39 is 23.5 Å². The minimum absolute atomic E-state index is 0.0617. The Balaban J connectivity index is 1.84. The lowest BCUT2D eigenvalue weighted by Crippen LogP contribution is -2.29. The number of ketones is 1. The van der Waals surface area contributed by atoms with Crippen LogP contribution in [0.4, 0.5) is 4.39 Å². The van der Waals surface area contributed by atoms with Crippen LogP contribution in [0.25, 0.3) is 5.76 Å². The molecular formula is C25H21FN2O4. The summed E-state index contributed by atoms with van der Waals surface area (Å²) in [4.78, 5) is 31.2. The molecule has 3 aromatic rings. The number of rotatable bonds is 6. The van der Waals surface area contributed by atoms with E-state index in [4.69, 9.17) is 4.74 Å². The zero-order valence-electron chi connectivity index (χ0n) is 17.4. The van der Waals surface area contributed by atoms with Crippen LogP contribution in [-0.2, 0) is 16.1 Å². The number of Topliss-reactive ketones (excluding diaryl/α,β-unsaturated/α-hetero) is 1. The van der Waals surface area contributed by atoms with Gasteiger partial charge in [0.2, 0.25) is 0 Å². The number of benzene rings is 2. The lowest BCUT2D eigenvalue weighted by atomic mass is 9.94.